The van der Waals surface area contributed by atoms with Crippen molar-refractivity contribution >= 4 is 10.0 Å². The van der Waals surface area contributed by atoms with Gasteiger partial charge in [-0.05, 0) is 19.3 Å². The van der Waals surface area contributed by atoms with Crippen molar-refractivity contribution in [1.29, 1.82) is 0 Å². The van der Waals surface area contributed by atoms with Gasteiger partial charge in [-0.25, -0.2) is 13.1 Å². The first-order chi connectivity index (χ1) is 5.66. The van der Waals surface area contributed by atoms with Crippen molar-refractivity contribution in [2.24, 2.45) is 0 Å². The molecule has 2 rings (SSSR count). The van der Waals surface area contributed by atoms with Gasteiger partial charge in [-0.3, -0.25) is 0 Å². The van der Waals surface area contributed by atoms with E-state index < -0.39 is 10.0 Å². The standard InChI is InChI=1S/C8H15NO2S/c10-12(11)8(6-7-9-12)4-2-1-3-5-8/h9H,1-7H2. The van der Waals surface area contributed by atoms with Crippen LogP contribution in [0.3, 0.4) is 0 Å². The highest BCUT2D eigenvalue weighted by Gasteiger charge is 2.47. The van der Waals surface area contributed by atoms with Crippen molar-refractivity contribution in [2.45, 2.75) is 43.3 Å². The van der Waals surface area contributed by atoms with Crippen LogP contribution in [0.5, 0.6) is 0 Å². The van der Waals surface area contributed by atoms with Gasteiger partial charge in [0.05, 0.1) is 4.75 Å². The van der Waals surface area contributed by atoms with Crippen molar-refractivity contribution < 1.29 is 8.42 Å². The van der Waals surface area contributed by atoms with Gasteiger partial charge in [0.2, 0.25) is 10.0 Å². The second-order valence-electron chi connectivity index (χ2n) is 3.89. The Morgan fingerprint density at radius 1 is 1.00 bits per heavy atom. The van der Waals surface area contributed by atoms with Gasteiger partial charge in [-0.2, -0.15) is 0 Å². The Bertz CT molecular complexity index is 265. The second kappa shape index (κ2) is 2.70. The van der Waals surface area contributed by atoms with Crippen LogP contribution in [0.15, 0.2) is 0 Å². The maximum absolute atomic E-state index is 11.6. The molecule has 0 amide bonds. The SMILES string of the molecule is O=S1(=O)NCCC12CCCCC2. The summed E-state index contributed by atoms with van der Waals surface area (Å²) in [5.74, 6) is 0. The third-order valence-corrected chi connectivity index (χ3v) is 5.54. The van der Waals surface area contributed by atoms with Gasteiger partial charge < -0.3 is 0 Å². The van der Waals surface area contributed by atoms with Crippen molar-refractivity contribution in [3.63, 3.8) is 0 Å². The molecule has 0 aromatic heterocycles. The number of rotatable bonds is 0. The van der Waals surface area contributed by atoms with Gasteiger partial charge in [-0.15, -0.1) is 0 Å². The fourth-order valence-corrected chi connectivity index (χ4v) is 4.29. The highest BCUT2D eigenvalue weighted by molar-refractivity contribution is 7.91. The minimum absolute atomic E-state index is 0.370. The Balaban J connectivity index is 2.29. The fourth-order valence-electron chi connectivity index (χ4n) is 2.42. The summed E-state index contributed by atoms with van der Waals surface area (Å²) < 4.78 is 25.5. The molecule has 1 saturated carbocycles. The van der Waals surface area contributed by atoms with Crippen LogP contribution < -0.4 is 4.72 Å². The van der Waals surface area contributed by atoms with Crippen molar-refractivity contribution in [1.82, 2.24) is 4.72 Å². The van der Waals surface area contributed by atoms with Crippen molar-refractivity contribution in [3.05, 3.63) is 0 Å². The van der Waals surface area contributed by atoms with Gasteiger partial charge in [-0.1, -0.05) is 19.3 Å². The maximum atomic E-state index is 11.6. The summed E-state index contributed by atoms with van der Waals surface area (Å²) in [5.41, 5.74) is 0. The predicted octanol–water partition coefficient (Wildman–Crippen LogP) is 1.01. The van der Waals surface area contributed by atoms with Gasteiger partial charge >= 0.3 is 0 Å². The molecule has 1 aliphatic carbocycles. The molecular formula is C8H15NO2S. The van der Waals surface area contributed by atoms with E-state index in [4.69, 9.17) is 0 Å². The van der Waals surface area contributed by atoms with Crippen LogP contribution in [0.2, 0.25) is 0 Å². The Morgan fingerprint density at radius 3 is 2.17 bits per heavy atom. The lowest BCUT2D eigenvalue weighted by Crippen LogP contribution is -2.39. The first-order valence-corrected chi connectivity index (χ1v) is 6.14. The average Bonchev–Trinajstić information content (AvgIpc) is 2.30. The Kier molecular flexibility index (Phi) is 1.92. The van der Waals surface area contributed by atoms with E-state index in [2.05, 4.69) is 4.72 Å². The van der Waals surface area contributed by atoms with E-state index in [1.165, 1.54) is 6.42 Å². The first-order valence-electron chi connectivity index (χ1n) is 4.66. The summed E-state index contributed by atoms with van der Waals surface area (Å²) in [4.78, 5) is 0. The molecule has 0 radical (unpaired) electrons. The number of sulfonamides is 1. The quantitative estimate of drug-likeness (QED) is 0.618. The molecule has 2 aliphatic rings. The summed E-state index contributed by atoms with van der Waals surface area (Å²) >= 11 is 0. The first kappa shape index (κ1) is 8.51. The van der Waals surface area contributed by atoms with Crippen molar-refractivity contribution in [2.75, 3.05) is 6.54 Å². The lowest BCUT2D eigenvalue weighted by atomic mass is 9.86. The van der Waals surface area contributed by atoms with Gasteiger partial charge in [0.25, 0.3) is 0 Å². The van der Waals surface area contributed by atoms with E-state index >= 15 is 0 Å². The molecule has 1 heterocycles. The Morgan fingerprint density at radius 2 is 1.67 bits per heavy atom. The minimum atomic E-state index is -2.96. The summed E-state index contributed by atoms with van der Waals surface area (Å²) in [6.07, 6.45) is 5.96. The summed E-state index contributed by atoms with van der Waals surface area (Å²) in [6, 6.07) is 0. The molecule has 2 fully saturated rings. The van der Waals surface area contributed by atoms with Crippen LogP contribution in [-0.4, -0.2) is 19.7 Å². The molecule has 4 heteroatoms. The molecule has 0 aromatic carbocycles. The van der Waals surface area contributed by atoms with E-state index in [9.17, 15) is 8.42 Å². The average molecular weight is 189 g/mol. The Labute approximate surface area is 73.6 Å². The molecule has 1 N–H and O–H groups in total. The third-order valence-electron chi connectivity index (χ3n) is 3.21. The number of nitrogens with one attached hydrogen (secondary N) is 1. The zero-order valence-corrected chi connectivity index (χ0v) is 7.99. The molecule has 70 valence electrons. The Hall–Kier alpha value is -0.0900. The highest BCUT2D eigenvalue weighted by atomic mass is 32.2. The predicted molar refractivity (Wildman–Crippen MR) is 47.4 cm³/mol. The van der Waals surface area contributed by atoms with E-state index in [0.717, 1.165) is 32.1 Å². The van der Waals surface area contributed by atoms with Crippen LogP contribution in [0.25, 0.3) is 0 Å². The topological polar surface area (TPSA) is 46.2 Å². The molecule has 1 spiro atoms. The summed E-state index contributed by atoms with van der Waals surface area (Å²) in [6.45, 7) is 0.655. The molecular weight excluding hydrogens is 174 g/mol. The van der Waals surface area contributed by atoms with Gasteiger partial charge in [0.15, 0.2) is 0 Å². The third kappa shape index (κ3) is 1.09. The smallest absolute Gasteiger partial charge is 0.215 e. The molecule has 0 bridgehead atoms. The fraction of sp³-hybridized carbons (Fsp3) is 1.00. The molecule has 3 nitrogen and oxygen atoms in total. The zero-order chi connectivity index (χ0) is 8.66. The molecule has 1 aliphatic heterocycles. The summed E-state index contributed by atoms with van der Waals surface area (Å²) in [7, 11) is -2.96. The largest absolute Gasteiger partial charge is 0.217 e. The van der Waals surface area contributed by atoms with Crippen LogP contribution in [0.1, 0.15) is 38.5 Å². The second-order valence-corrected chi connectivity index (χ2v) is 6.05. The molecule has 0 atom stereocenters. The molecule has 12 heavy (non-hydrogen) atoms. The lowest BCUT2D eigenvalue weighted by Gasteiger charge is -2.30. The van der Waals surface area contributed by atoms with E-state index in [1.807, 2.05) is 0 Å². The minimum Gasteiger partial charge on any atom is -0.215 e. The number of hydrogen-bond acceptors (Lipinski definition) is 2. The van der Waals surface area contributed by atoms with Crippen LogP contribution >= 0.6 is 0 Å². The van der Waals surface area contributed by atoms with Crippen LogP contribution in [0, 0.1) is 0 Å². The molecule has 1 saturated heterocycles. The van der Waals surface area contributed by atoms with E-state index in [0.29, 0.717) is 6.54 Å². The lowest BCUT2D eigenvalue weighted by molar-refractivity contribution is 0.375. The zero-order valence-electron chi connectivity index (χ0n) is 7.17. The molecule has 0 aromatic rings. The van der Waals surface area contributed by atoms with Gasteiger partial charge in [0, 0.05) is 6.54 Å². The summed E-state index contributed by atoms with van der Waals surface area (Å²) in [5, 5.41) is 0. The van der Waals surface area contributed by atoms with Gasteiger partial charge in [0.1, 0.15) is 0 Å². The van der Waals surface area contributed by atoms with E-state index in [-0.39, 0.29) is 4.75 Å². The van der Waals surface area contributed by atoms with Crippen molar-refractivity contribution in [3.8, 4) is 0 Å². The normalized spacial score (nSPS) is 32.3. The molecule has 0 unspecified atom stereocenters. The monoisotopic (exact) mass is 189 g/mol. The van der Waals surface area contributed by atoms with E-state index in [1.54, 1.807) is 0 Å². The van der Waals surface area contributed by atoms with Crippen LogP contribution in [0.4, 0.5) is 0 Å². The maximum Gasteiger partial charge on any atom is 0.217 e. The number of hydrogen-bond donors (Lipinski definition) is 1. The highest BCUT2D eigenvalue weighted by Crippen LogP contribution is 2.39. The van der Waals surface area contributed by atoms with Crippen LogP contribution in [-0.2, 0) is 10.0 Å².